The number of carboxylic acid groups (broad SMARTS) is 1. The number of methoxy groups -OCH3 is 3. The first-order valence-electron chi connectivity index (χ1n) is 8.54. The maximum Gasteiger partial charge on any atom is 0.303 e. The highest BCUT2D eigenvalue weighted by atomic mass is 16.5. The number of carbonyl (C=O) groups excluding carboxylic acids is 1. The van der Waals surface area contributed by atoms with Crippen LogP contribution in [0.3, 0.4) is 0 Å². The summed E-state index contributed by atoms with van der Waals surface area (Å²) in [7, 11) is 4.46. The van der Waals surface area contributed by atoms with Crippen molar-refractivity contribution in [3.05, 3.63) is 42.0 Å². The SMILES string of the molecule is COc1cc(OC)c(C(=O)Nc2ccc(OCCCC(=O)O)cc2)cc1OC. The van der Waals surface area contributed by atoms with Gasteiger partial charge in [-0.1, -0.05) is 0 Å². The number of nitrogens with one attached hydrogen (secondary N) is 1. The molecule has 2 aromatic carbocycles. The Hall–Kier alpha value is -3.42. The summed E-state index contributed by atoms with van der Waals surface area (Å²) in [6.07, 6.45) is 0.480. The van der Waals surface area contributed by atoms with Gasteiger partial charge in [0, 0.05) is 24.2 Å². The van der Waals surface area contributed by atoms with E-state index in [1.165, 1.54) is 21.3 Å². The van der Waals surface area contributed by atoms with E-state index in [9.17, 15) is 9.59 Å². The Kier molecular flexibility index (Phi) is 7.50. The van der Waals surface area contributed by atoms with Crippen molar-refractivity contribution in [3.63, 3.8) is 0 Å². The van der Waals surface area contributed by atoms with Crippen molar-refractivity contribution < 1.29 is 33.6 Å². The normalized spacial score (nSPS) is 10.1. The Morgan fingerprint density at radius 1 is 0.929 bits per heavy atom. The van der Waals surface area contributed by atoms with Crippen LogP contribution >= 0.6 is 0 Å². The smallest absolute Gasteiger partial charge is 0.303 e. The largest absolute Gasteiger partial charge is 0.496 e. The van der Waals surface area contributed by atoms with E-state index in [0.29, 0.717) is 47.3 Å². The topological polar surface area (TPSA) is 103 Å². The zero-order valence-corrected chi connectivity index (χ0v) is 16.0. The van der Waals surface area contributed by atoms with Gasteiger partial charge < -0.3 is 29.4 Å². The van der Waals surface area contributed by atoms with Crippen LogP contribution < -0.4 is 24.3 Å². The highest BCUT2D eigenvalue weighted by molar-refractivity contribution is 6.06. The van der Waals surface area contributed by atoms with Crippen molar-refractivity contribution in [2.24, 2.45) is 0 Å². The van der Waals surface area contributed by atoms with Gasteiger partial charge in [0.1, 0.15) is 11.5 Å². The van der Waals surface area contributed by atoms with E-state index in [2.05, 4.69) is 5.32 Å². The second kappa shape index (κ2) is 10.1. The molecule has 150 valence electrons. The first-order chi connectivity index (χ1) is 13.5. The Balaban J connectivity index is 2.05. The number of hydrogen-bond donors (Lipinski definition) is 2. The van der Waals surface area contributed by atoms with Crippen LogP contribution in [0.4, 0.5) is 5.69 Å². The molecule has 2 rings (SSSR count). The number of rotatable bonds is 10. The van der Waals surface area contributed by atoms with Gasteiger partial charge in [-0.2, -0.15) is 0 Å². The molecule has 2 N–H and O–H groups in total. The molecule has 0 aliphatic rings. The van der Waals surface area contributed by atoms with Gasteiger partial charge in [-0.3, -0.25) is 9.59 Å². The molecule has 8 heteroatoms. The van der Waals surface area contributed by atoms with Gasteiger partial charge in [-0.15, -0.1) is 0 Å². The lowest BCUT2D eigenvalue weighted by atomic mass is 10.1. The minimum Gasteiger partial charge on any atom is -0.496 e. The summed E-state index contributed by atoms with van der Waals surface area (Å²) < 4.78 is 21.2. The third-order valence-electron chi connectivity index (χ3n) is 3.87. The molecular formula is C20H23NO7. The van der Waals surface area contributed by atoms with Crippen molar-refractivity contribution in [1.82, 2.24) is 0 Å². The molecule has 0 aliphatic heterocycles. The molecule has 0 spiro atoms. The highest BCUT2D eigenvalue weighted by Crippen LogP contribution is 2.35. The fourth-order valence-electron chi connectivity index (χ4n) is 2.45. The molecule has 28 heavy (non-hydrogen) atoms. The molecule has 0 heterocycles. The van der Waals surface area contributed by atoms with Crippen molar-refractivity contribution >= 4 is 17.6 Å². The fraction of sp³-hybridized carbons (Fsp3) is 0.300. The van der Waals surface area contributed by atoms with Gasteiger partial charge >= 0.3 is 5.97 Å². The number of carboxylic acids is 1. The van der Waals surface area contributed by atoms with Crippen LogP contribution in [0.1, 0.15) is 23.2 Å². The number of anilines is 1. The molecule has 0 bridgehead atoms. The molecule has 0 saturated carbocycles. The molecule has 2 aromatic rings. The molecule has 0 aliphatic carbocycles. The number of aliphatic carboxylic acids is 1. The zero-order valence-electron chi connectivity index (χ0n) is 16.0. The Labute approximate surface area is 163 Å². The van der Waals surface area contributed by atoms with E-state index in [0.717, 1.165) is 0 Å². The molecule has 0 atom stereocenters. The van der Waals surface area contributed by atoms with Crippen molar-refractivity contribution in [2.75, 3.05) is 33.3 Å². The lowest BCUT2D eigenvalue weighted by molar-refractivity contribution is -0.137. The summed E-state index contributed by atoms with van der Waals surface area (Å²) >= 11 is 0. The summed E-state index contributed by atoms with van der Waals surface area (Å²) in [5.74, 6) is 0.597. The predicted octanol–water partition coefficient (Wildman–Crippen LogP) is 3.21. The summed E-state index contributed by atoms with van der Waals surface area (Å²) in [6, 6.07) is 9.91. The van der Waals surface area contributed by atoms with E-state index < -0.39 is 5.97 Å². The van der Waals surface area contributed by atoms with E-state index in [-0.39, 0.29) is 12.3 Å². The van der Waals surface area contributed by atoms with Gasteiger partial charge in [0.05, 0.1) is 33.5 Å². The minimum atomic E-state index is -0.854. The molecule has 0 fully saturated rings. The Morgan fingerprint density at radius 2 is 1.54 bits per heavy atom. The Bertz CT molecular complexity index is 818. The van der Waals surface area contributed by atoms with Gasteiger partial charge in [0.25, 0.3) is 5.91 Å². The second-order valence-electron chi connectivity index (χ2n) is 5.73. The number of hydrogen-bond acceptors (Lipinski definition) is 6. The maximum atomic E-state index is 12.6. The maximum absolute atomic E-state index is 12.6. The van der Waals surface area contributed by atoms with Gasteiger partial charge in [-0.25, -0.2) is 0 Å². The summed E-state index contributed by atoms with van der Waals surface area (Å²) in [5, 5.41) is 11.4. The summed E-state index contributed by atoms with van der Waals surface area (Å²) in [4.78, 5) is 23.1. The van der Waals surface area contributed by atoms with Crippen molar-refractivity contribution in [1.29, 1.82) is 0 Å². The van der Waals surface area contributed by atoms with Crippen LogP contribution in [0.5, 0.6) is 23.0 Å². The number of benzene rings is 2. The lowest BCUT2D eigenvalue weighted by Gasteiger charge is -2.14. The van der Waals surface area contributed by atoms with Gasteiger partial charge in [0.2, 0.25) is 0 Å². The van der Waals surface area contributed by atoms with Crippen LogP contribution in [-0.4, -0.2) is 44.9 Å². The van der Waals surface area contributed by atoms with Gasteiger partial charge in [-0.05, 0) is 30.7 Å². The highest BCUT2D eigenvalue weighted by Gasteiger charge is 2.18. The lowest BCUT2D eigenvalue weighted by Crippen LogP contribution is -2.13. The standard InChI is InChI=1S/C20H23NO7/c1-25-16-12-18(27-3)17(26-2)11-15(16)20(24)21-13-6-8-14(9-7-13)28-10-4-5-19(22)23/h6-9,11-12H,4-5,10H2,1-3H3,(H,21,24)(H,22,23). The van der Waals surface area contributed by atoms with Crippen LogP contribution in [0.2, 0.25) is 0 Å². The molecule has 8 nitrogen and oxygen atoms in total. The number of ether oxygens (including phenoxy) is 4. The van der Waals surface area contributed by atoms with E-state index in [1.807, 2.05) is 0 Å². The van der Waals surface area contributed by atoms with Crippen molar-refractivity contribution in [2.45, 2.75) is 12.8 Å². The molecule has 0 unspecified atom stereocenters. The average molecular weight is 389 g/mol. The predicted molar refractivity (Wildman–Crippen MR) is 103 cm³/mol. The average Bonchev–Trinajstić information content (AvgIpc) is 2.71. The van der Waals surface area contributed by atoms with E-state index >= 15 is 0 Å². The third-order valence-corrected chi connectivity index (χ3v) is 3.87. The van der Waals surface area contributed by atoms with E-state index in [1.54, 1.807) is 36.4 Å². The quantitative estimate of drug-likeness (QED) is 0.601. The molecule has 0 aromatic heterocycles. The van der Waals surface area contributed by atoms with Gasteiger partial charge in [0.15, 0.2) is 11.5 Å². The van der Waals surface area contributed by atoms with Crippen molar-refractivity contribution in [3.8, 4) is 23.0 Å². The Morgan fingerprint density at radius 3 is 2.11 bits per heavy atom. The number of amides is 1. The first-order valence-corrected chi connectivity index (χ1v) is 8.54. The zero-order chi connectivity index (χ0) is 20.5. The van der Waals surface area contributed by atoms with E-state index in [4.69, 9.17) is 24.1 Å². The number of carbonyl (C=O) groups is 2. The first kappa shape index (κ1) is 20.9. The van der Waals surface area contributed by atoms with Crippen LogP contribution in [0.15, 0.2) is 36.4 Å². The van der Waals surface area contributed by atoms with Crippen LogP contribution in [0, 0.1) is 0 Å². The summed E-state index contributed by atoms with van der Waals surface area (Å²) in [6.45, 7) is 0.306. The van der Waals surface area contributed by atoms with Crippen LogP contribution in [-0.2, 0) is 4.79 Å². The molecule has 0 radical (unpaired) electrons. The summed E-state index contributed by atoms with van der Waals surface area (Å²) in [5.41, 5.74) is 0.869. The molecule has 1 amide bonds. The second-order valence-corrected chi connectivity index (χ2v) is 5.73. The molecule has 0 saturated heterocycles. The molecular weight excluding hydrogens is 366 g/mol. The monoisotopic (exact) mass is 389 g/mol. The minimum absolute atomic E-state index is 0.0568. The third kappa shape index (κ3) is 5.54. The fourth-order valence-corrected chi connectivity index (χ4v) is 2.45. The van der Waals surface area contributed by atoms with Crippen LogP contribution in [0.25, 0.3) is 0 Å².